The highest BCUT2D eigenvalue weighted by molar-refractivity contribution is 5.74. The number of carbonyl (C=O) groups excluding carboxylic acids is 4. The summed E-state index contributed by atoms with van der Waals surface area (Å²) < 4.78 is 112. The Morgan fingerprint density at radius 3 is 0.780 bits per heavy atom. The lowest BCUT2D eigenvalue weighted by Gasteiger charge is -2.51. The van der Waals surface area contributed by atoms with Crippen LogP contribution in [0.15, 0.2) is 0 Å². The third-order valence-corrected chi connectivity index (χ3v) is 22.5. The van der Waals surface area contributed by atoms with Gasteiger partial charge in [0.1, 0.15) is 244 Å². The molecule has 10 heterocycles. The molecule has 0 unspecified atom stereocenters. The van der Waals surface area contributed by atoms with Crippen LogP contribution >= 0.6 is 0 Å². The van der Waals surface area contributed by atoms with Gasteiger partial charge in [-0.2, -0.15) is 0 Å². The van der Waals surface area contributed by atoms with E-state index < -0.39 is 397 Å². The standard InChI is InChI=1S/C68H114N4O51/c1-15(82)69-29-39(92)51(24(10-78)106-59(29)104)116-60-30(70-16(2)83)40(93)54(26(12-80)112-60)119-66-50(103)56(121-68-58(46(99)36(89)22(8-76)111-68)123-62-32(72-18(4)85)41(94)52(25(11-79)114-62)117-63-47(100)43(96)33(86)19(5-73)107-63)38(91)28(115-66)14-105-67-57(45(98)35(88)21(7-75)110-67)122-61-31(71-17(3)84)42(95)53(27(13-81)113-61)118-65-49(102)55(37(90)23(9-77)109-65)120-64-48(101)44(97)34(87)20(6-74)108-64/h19-68,73-81,86-104H,5-14H2,1-4H3,(H,69,82)(H,70,83)(H,71,84)(H,72,85)/t19-,20-,21-,22-,23-,24-,25-,26-,27-,28-,29-,30-,31-,32-,33+,34+,35-,36-,37+,38-,39-,40-,41-,42-,43+,44+,45+,46+,47-,48-,49-,50+,51-,52-,53-,54-,55+,56+,57+,58+,59-,60+,61+,62+,63+,64+,65+,66+,67+,68-/m1/s1. The van der Waals surface area contributed by atoms with Gasteiger partial charge in [-0.1, -0.05) is 0 Å². The molecule has 0 bridgehead atoms. The van der Waals surface area contributed by atoms with Gasteiger partial charge in [0.25, 0.3) is 0 Å². The molecule has 0 saturated carbocycles. The summed E-state index contributed by atoms with van der Waals surface area (Å²) in [5.41, 5.74) is 0. The van der Waals surface area contributed by atoms with Crippen LogP contribution < -0.4 is 21.3 Å². The normalized spacial score (nSPS) is 49.4. The fourth-order valence-electron chi connectivity index (χ4n) is 15.9. The topological polar surface area (TPSA) is 858 Å². The summed E-state index contributed by atoms with van der Waals surface area (Å²) in [4.78, 5) is 51.3. The van der Waals surface area contributed by atoms with Crippen LogP contribution in [0.5, 0.6) is 0 Å². The van der Waals surface area contributed by atoms with E-state index in [2.05, 4.69) is 21.3 Å². The van der Waals surface area contributed by atoms with Crippen LogP contribution in [0, 0.1) is 0 Å². The van der Waals surface area contributed by atoms with E-state index in [9.17, 15) is 162 Å². The maximum Gasteiger partial charge on any atom is 0.217 e. The fourth-order valence-corrected chi connectivity index (χ4v) is 15.9. The maximum atomic E-state index is 13.1. The molecule has 10 rings (SSSR count). The second kappa shape index (κ2) is 44.3. The van der Waals surface area contributed by atoms with E-state index >= 15 is 0 Å². The van der Waals surface area contributed by atoms with Crippen LogP contribution in [-0.4, -0.2) is 539 Å². The smallest absolute Gasteiger partial charge is 0.217 e. The van der Waals surface area contributed by atoms with E-state index in [1.165, 1.54) is 0 Å². The van der Waals surface area contributed by atoms with Crippen molar-refractivity contribution in [1.82, 2.24) is 21.3 Å². The summed E-state index contributed by atoms with van der Waals surface area (Å²) in [6.45, 7) is -7.45. The predicted octanol–water partition coefficient (Wildman–Crippen LogP) is -22.2. The van der Waals surface area contributed by atoms with E-state index in [1.54, 1.807) is 0 Å². The van der Waals surface area contributed by atoms with Gasteiger partial charge < -0.3 is 254 Å². The summed E-state index contributed by atoms with van der Waals surface area (Å²) in [7, 11) is 0. The predicted molar refractivity (Wildman–Crippen MR) is 376 cm³/mol. The molecule has 0 aromatic heterocycles. The largest absolute Gasteiger partial charge is 0.394 e. The Bertz CT molecular complexity index is 3310. The van der Waals surface area contributed by atoms with E-state index in [4.69, 9.17) is 90.0 Å². The van der Waals surface area contributed by atoms with Gasteiger partial charge in [-0.05, 0) is 0 Å². The highest BCUT2D eigenvalue weighted by Gasteiger charge is 2.62. The van der Waals surface area contributed by atoms with Crippen molar-refractivity contribution >= 4 is 23.6 Å². The molecule has 0 aromatic rings. The molecule has 0 radical (unpaired) electrons. The summed E-state index contributed by atoms with van der Waals surface area (Å²) in [5.74, 6) is -3.73. The lowest BCUT2D eigenvalue weighted by atomic mass is 9.93. The fraction of sp³-hybridized carbons (Fsp3) is 0.941. The van der Waals surface area contributed by atoms with Gasteiger partial charge in [0.15, 0.2) is 62.9 Å². The lowest BCUT2D eigenvalue weighted by molar-refractivity contribution is -0.399. The number of carbonyl (C=O) groups is 4. The van der Waals surface area contributed by atoms with Crippen LogP contribution in [0.4, 0.5) is 0 Å². The summed E-state index contributed by atoms with van der Waals surface area (Å²) in [6.07, 6.45) is -97.1. The van der Waals surface area contributed by atoms with Gasteiger partial charge in [0.05, 0.1) is 66.1 Å². The Morgan fingerprint density at radius 1 is 0.211 bits per heavy atom. The molecule has 55 heteroatoms. The number of hydrogen-bond acceptors (Lipinski definition) is 51. The molecule has 10 aliphatic rings. The quantitative estimate of drug-likeness (QED) is 0.0297. The van der Waals surface area contributed by atoms with E-state index in [0.717, 1.165) is 27.7 Å². The first-order valence-electron chi connectivity index (χ1n) is 39.1. The molecule has 0 aromatic carbocycles. The van der Waals surface area contributed by atoms with Gasteiger partial charge in [-0.25, -0.2) is 0 Å². The summed E-state index contributed by atoms with van der Waals surface area (Å²) in [6, 6.07) is -7.61. The first-order chi connectivity index (χ1) is 58.2. The molecule has 10 fully saturated rings. The van der Waals surface area contributed by atoms with Gasteiger partial charge >= 0.3 is 0 Å². The average molecular weight is 1800 g/mol. The van der Waals surface area contributed by atoms with Gasteiger partial charge in [-0.3, -0.25) is 19.2 Å². The minimum atomic E-state index is -2.61. The van der Waals surface area contributed by atoms with Crippen LogP contribution in [0.3, 0.4) is 0 Å². The molecule has 32 N–H and O–H groups in total. The Morgan fingerprint density at radius 2 is 0.439 bits per heavy atom. The average Bonchev–Trinajstić information content (AvgIpc) is 0.769. The van der Waals surface area contributed by atoms with Crippen LogP contribution in [0.2, 0.25) is 0 Å². The van der Waals surface area contributed by atoms with Crippen LogP contribution in [-0.2, 0) is 109 Å². The molecule has 55 nitrogen and oxygen atoms in total. The SMILES string of the molecule is CC(=O)N[C@@H]1[C@@H](O)[C@H](O[C@@H]2O[C@H](CO)[C@@H](O[C@@H]3O[C@H](CO[C@H]4O[C@H](CO)[C@@H](O)[C@H](O)[C@@H]4O[C@@H]4O[C@H](CO)[C@@H](O[C@@H]5O[C@H](CO)[C@H](O)[C@H](O[C@@H]6O[C@H](CO)[C@H](O)[C@H](O)[C@H]6O)[C@H]5O)[C@H](O)[C@H]4NC(C)=O)[C@@H](O)[C@H](O[C@H]4O[C@H](CO)[C@@H](O)[C@H](O)[C@@H]4O[C@@H]4O[C@H](CO)[C@@H](O[C@@H]5O[C@H](CO)[C@H](O)[C@H](O)[C@H]5O)[C@H](O)[C@H]4NC(C)=O)[C@@H]3O)[C@H](O)[C@H]2NC(C)=O)[C@@H](CO)O[C@H]1O. The van der Waals surface area contributed by atoms with Gasteiger partial charge in [-0.15, -0.1) is 0 Å². The molecular formula is C68H114N4O51. The molecule has 123 heavy (non-hydrogen) atoms. The second-order valence-electron chi connectivity index (χ2n) is 31.0. The van der Waals surface area contributed by atoms with Crippen molar-refractivity contribution in [2.45, 2.75) is 335 Å². The molecule has 10 aliphatic heterocycles. The maximum absolute atomic E-state index is 13.1. The minimum absolute atomic E-state index is 0.801. The number of rotatable bonds is 32. The third kappa shape index (κ3) is 22.3. The molecule has 50 atom stereocenters. The third-order valence-electron chi connectivity index (χ3n) is 22.5. The highest BCUT2D eigenvalue weighted by atomic mass is 16.8. The molecule has 10 saturated heterocycles. The van der Waals surface area contributed by atoms with Crippen LogP contribution in [0.1, 0.15) is 27.7 Å². The molecule has 0 spiro atoms. The lowest BCUT2D eigenvalue weighted by Crippen LogP contribution is -2.71. The Kier molecular flexibility index (Phi) is 36.4. The van der Waals surface area contributed by atoms with Crippen molar-refractivity contribution in [1.29, 1.82) is 0 Å². The van der Waals surface area contributed by atoms with Crippen molar-refractivity contribution in [3.63, 3.8) is 0 Å². The van der Waals surface area contributed by atoms with Gasteiger partial charge in [0.2, 0.25) is 23.6 Å². The molecular weight excluding hydrogens is 1690 g/mol. The van der Waals surface area contributed by atoms with Crippen molar-refractivity contribution in [3.8, 4) is 0 Å². The van der Waals surface area contributed by atoms with E-state index in [0.29, 0.717) is 0 Å². The zero-order valence-corrected chi connectivity index (χ0v) is 65.9. The number of ether oxygens (including phenoxy) is 19. The second-order valence-corrected chi connectivity index (χ2v) is 31.0. The summed E-state index contributed by atoms with van der Waals surface area (Å²) >= 11 is 0. The first-order valence-corrected chi connectivity index (χ1v) is 39.1. The zero-order chi connectivity index (χ0) is 90.5. The Labute approximate surface area is 695 Å². The zero-order valence-electron chi connectivity index (χ0n) is 65.9. The van der Waals surface area contributed by atoms with Crippen molar-refractivity contribution in [2.24, 2.45) is 0 Å². The first kappa shape index (κ1) is 101. The van der Waals surface area contributed by atoms with Crippen molar-refractivity contribution in [3.05, 3.63) is 0 Å². The monoisotopic (exact) mass is 1800 g/mol. The van der Waals surface area contributed by atoms with E-state index in [1.807, 2.05) is 0 Å². The number of amides is 4. The van der Waals surface area contributed by atoms with Crippen molar-refractivity contribution in [2.75, 3.05) is 66.1 Å². The molecule has 712 valence electrons. The minimum Gasteiger partial charge on any atom is -0.394 e. The number of aliphatic hydroxyl groups is 28. The van der Waals surface area contributed by atoms with Crippen molar-refractivity contribution < 1.29 is 252 Å². The summed E-state index contributed by atoms with van der Waals surface area (Å²) in [5, 5.41) is 321. The Hall–Kier alpha value is -4.00. The highest BCUT2D eigenvalue weighted by Crippen LogP contribution is 2.41. The van der Waals surface area contributed by atoms with Crippen LogP contribution in [0.25, 0.3) is 0 Å². The molecule has 4 amide bonds. The number of aliphatic hydroxyl groups excluding tert-OH is 28. The molecule has 0 aliphatic carbocycles. The number of nitrogens with one attached hydrogen (secondary N) is 4. The Balaban J connectivity index is 0.965. The van der Waals surface area contributed by atoms with E-state index in [-0.39, 0.29) is 0 Å². The van der Waals surface area contributed by atoms with Gasteiger partial charge in [0, 0.05) is 27.7 Å². The number of hydrogen-bond donors (Lipinski definition) is 32.